The Kier molecular flexibility index (Phi) is 7.09. The Bertz CT molecular complexity index is 763. The summed E-state index contributed by atoms with van der Waals surface area (Å²) in [6.45, 7) is 10.9. The zero-order valence-electron chi connectivity index (χ0n) is 17.4. The zero-order chi connectivity index (χ0) is 19.9. The molecule has 2 atom stereocenters. The first-order chi connectivity index (χ1) is 13.6. The van der Waals surface area contributed by atoms with Crippen molar-refractivity contribution in [2.24, 2.45) is 10.9 Å². The molecule has 6 heteroatoms. The van der Waals surface area contributed by atoms with Crippen molar-refractivity contribution >= 4 is 5.96 Å². The second kappa shape index (κ2) is 9.73. The summed E-state index contributed by atoms with van der Waals surface area (Å²) in [7, 11) is 0. The summed E-state index contributed by atoms with van der Waals surface area (Å²) in [5.74, 6) is 2.69. The zero-order valence-corrected chi connectivity index (χ0v) is 17.4. The average Bonchev–Trinajstić information content (AvgIpc) is 3.02. The maximum absolute atomic E-state index is 6.13. The molecule has 2 N–H and O–H groups in total. The van der Waals surface area contributed by atoms with Crippen molar-refractivity contribution in [1.29, 1.82) is 0 Å². The van der Waals surface area contributed by atoms with Crippen LogP contribution in [0.1, 0.15) is 54.3 Å². The molecule has 0 amide bonds. The second-order valence-electron chi connectivity index (χ2n) is 7.43. The molecule has 152 valence electrons. The summed E-state index contributed by atoms with van der Waals surface area (Å²) in [6, 6.07) is 8.68. The lowest BCUT2D eigenvalue weighted by atomic mass is 9.89. The Balaban J connectivity index is 1.63. The van der Waals surface area contributed by atoms with Crippen LogP contribution >= 0.6 is 0 Å². The van der Waals surface area contributed by atoms with Crippen LogP contribution < -0.4 is 10.6 Å². The predicted molar refractivity (Wildman–Crippen MR) is 111 cm³/mol. The highest BCUT2D eigenvalue weighted by Gasteiger charge is 2.27. The van der Waals surface area contributed by atoms with Gasteiger partial charge in [-0.1, -0.05) is 29.8 Å². The van der Waals surface area contributed by atoms with Crippen molar-refractivity contribution in [2.45, 2.75) is 53.2 Å². The highest BCUT2D eigenvalue weighted by molar-refractivity contribution is 5.79. The van der Waals surface area contributed by atoms with Gasteiger partial charge in [0.25, 0.3) is 0 Å². The van der Waals surface area contributed by atoms with Gasteiger partial charge in [0, 0.05) is 25.6 Å². The number of rotatable bonds is 6. The van der Waals surface area contributed by atoms with Crippen LogP contribution in [-0.4, -0.2) is 30.6 Å². The van der Waals surface area contributed by atoms with Crippen LogP contribution in [0.3, 0.4) is 0 Å². The number of oxazole rings is 1. The average molecular weight is 385 g/mol. The van der Waals surface area contributed by atoms with Crippen molar-refractivity contribution in [2.75, 3.05) is 19.7 Å². The van der Waals surface area contributed by atoms with Gasteiger partial charge in [0.15, 0.2) is 5.96 Å². The lowest BCUT2D eigenvalue weighted by Crippen LogP contribution is -2.42. The monoisotopic (exact) mass is 384 g/mol. The van der Waals surface area contributed by atoms with Gasteiger partial charge < -0.3 is 19.8 Å². The molecule has 1 saturated heterocycles. The molecule has 1 aromatic carbocycles. The molecule has 0 radical (unpaired) electrons. The van der Waals surface area contributed by atoms with E-state index in [0.717, 1.165) is 50.0 Å². The first kappa shape index (κ1) is 20.4. The van der Waals surface area contributed by atoms with Crippen LogP contribution in [0.25, 0.3) is 0 Å². The third-order valence-corrected chi connectivity index (χ3v) is 5.17. The summed E-state index contributed by atoms with van der Waals surface area (Å²) in [5.41, 5.74) is 3.45. The van der Waals surface area contributed by atoms with E-state index in [1.807, 2.05) is 13.8 Å². The molecule has 1 fully saturated rings. The molecular weight excluding hydrogens is 352 g/mol. The van der Waals surface area contributed by atoms with Gasteiger partial charge in [-0.05, 0) is 46.1 Å². The minimum atomic E-state index is 0.127. The maximum atomic E-state index is 6.13. The largest absolute Gasteiger partial charge is 0.444 e. The fraction of sp³-hybridized carbons (Fsp3) is 0.545. The van der Waals surface area contributed by atoms with Crippen LogP contribution in [0.4, 0.5) is 0 Å². The number of benzene rings is 1. The lowest BCUT2D eigenvalue weighted by molar-refractivity contribution is -0.0265. The third kappa shape index (κ3) is 5.35. The van der Waals surface area contributed by atoms with Gasteiger partial charge in [-0.3, -0.25) is 0 Å². The summed E-state index contributed by atoms with van der Waals surface area (Å²) in [5, 5.41) is 6.79. The summed E-state index contributed by atoms with van der Waals surface area (Å²) >= 11 is 0. The van der Waals surface area contributed by atoms with Crippen LogP contribution in [-0.2, 0) is 11.3 Å². The molecule has 0 spiro atoms. The van der Waals surface area contributed by atoms with Gasteiger partial charge >= 0.3 is 0 Å². The summed E-state index contributed by atoms with van der Waals surface area (Å²) < 4.78 is 11.8. The Morgan fingerprint density at radius 1 is 1.18 bits per heavy atom. The molecule has 28 heavy (non-hydrogen) atoms. The fourth-order valence-corrected chi connectivity index (χ4v) is 3.50. The van der Waals surface area contributed by atoms with E-state index in [1.54, 1.807) is 0 Å². The molecular formula is C22H32N4O2. The van der Waals surface area contributed by atoms with E-state index >= 15 is 0 Å². The Hall–Kier alpha value is -2.34. The van der Waals surface area contributed by atoms with E-state index in [0.29, 0.717) is 18.4 Å². The SMILES string of the molecule is CCNC(=NCc1nc(C)c(C)o1)NCC1CCCOC1c1ccc(C)cc1. The smallest absolute Gasteiger partial charge is 0.216 e. The number of nitrogens with one attached hydrogen (secondary N) is 2. The van der Waals surface area contributed by atoms with Gasteiger partial charge in [-0.15, -0.1) is 0 Å². The highest BCUT2D eigenvalue weighted by atomic mass is 16.5. The summed E-state index contributed by atoms with van der Waals surface area (Å²) in [6.07, 6.45) is 2.36. The standard InChI is InChI=1S/C22H32N4O2/c1-5-23-22(25-14-20-26-16(3)17(4)28-20)24-13-19-7-6-12-27-21(19)18-10-8-15(2)9-11-18/h8-11,19,21H,5-7,12-14H2,1-4H3,(H2,23,24,25). The molecule has 3 rings (SSSR count). The van der Waals surface area contributed by atoms with Crippen LogP contribution in [0, 0.1) is 26.7 Å². The predicted octanol–water partition coefficient (Wildman–Crippen LogP) is 3.82. The molecule has 0 saturated carbocycles. The second-order valence-corrected chi connectivity index (χ2v) is 7.43. The Morgan fingerprint density at radius 2 is 1.96 bits per heavy atom. The van der Waals surface area contributed by atoms with Crippen molar-refractivity contribution in [3.63, 3.8) is 0 Å². The molecule has 0 bridgehead atoms. The van der Waals surface area contributed by atoms with Crippen LogP contribution in [0.5, 0.6) is 0 Å². The van der Waals surface area contributed by atoms with Gasteiger partial charge in [-0.25, -0.2) is 9.98 Å². The fourth-order valence-electron chi connectivity index (χ4n) is 3.50. The number of guanidine groups is 1. The molecule has 2 unspecified atom stereocenters. The first-order valence-electron chi connectivity index (χ1n) is 10.2. The number of nitrogens with zero attached hydrogens (tertiary/aromatic N) is 2. The summed E-state index contributed by atoms with van der Waals surface area (Å²) in [4.78, 5) is 9.03. The topological polar surface area (TPSA) is 71.7 Å². The van der Waals surface area contributed by atoms with E-state index in [2.05, 4.69) is 58.7 Å². The minimum absolute atomic E-state index is 0.127. The van der Waals surface area contributed by atoms with Gasteiger partial charge in [-0.2, -0.15) is 0 Å². The number of aliphatic imine (C=N–C) groups is 1. The van der Waals surface area contributed by atoms with Crippen LogP contribution in [0.2, 0.25) is 0 Å². The number of aryl methyl sites for hydroxylation is 3. The van der Waals surface area contributed by atoms with Crippen molar-refractivity contribution in [1.82, 2.24) is 15.6 Å². The molecule has 1 aromatic heterocycles. The van der Waals surface area contributed by atoms with Crippen molar-refractivity contribution < 1.29 is 9.15 Å². The molecule has 2 aromatic rings. The highest BCUT2D eigenvalue weighted by Crippen LogP contribution is 2.33. The van der Waals surface area contributed by atoms with E-state index in [9.17, 15) is 0 Å². The van der Waals surface area contributed by atoms with Crippen LogP contribution in [0.15, 0.2) is 33.7 Å². The number of hydrogen-bond donors (Lipinski definition) is 2. The van der Waals surface area contributed by atoms with Gasteiger partial charge in [0.1, 0.15) is 12.3 Å². The quantitative estimate of drug-likeness (QED) is 0.585. The number of ether oxygens (including phenoxy) is 1. The van der Waals surface area contributed by atoms with E-state index < -0.39 is 0 Å². The van der Waals surface area contributed by atoms with Gasteiger partial charge in [0.05, 0.1) is 11.8 Å². The Morgan fingerprint density at radius 3 is 2.64 bits per heavy atom. The third-order valence-electron chi connectivity index (χ3n) is 5.17. The molecule has 1 aliphatic rings. The normalized spacial score (nSPS) is 20.2. The van der Waals surface area contributed by atoms with Crippen molar-refractivity contribution in [3.05, 3.63) is 52.7 Å². The van der Waals surface area contributed by atoms with E-state index in [-0.39, 0.29) is 6.10 Å². The number of hydrogen-bond acceptors (Lipinski definition) is 4. The van der Waals surface area contributed by atoms with Gasteiger partial charge in [0.2, 0.25) is 5.89 Å². The van der Waals surface area contributed by atoms with Crippen molar-refractivity contribution in [3.8, 4) is 0 Å². The Labute approximate surface area is 167 Å². The van der Waals surface area contributed by atoms with E-state index in [4.69, 9.17) is 9.15 Å². The maximum Gasteiger partial charge on any atom is 0.216 e. The molecule has 0 aliphatic carbocycles. The molecule has 1 aliphatic heterocycles. The lowest BCUT2D eigenvalue weighted by Gasteiger charge is -2.32. The minimum Gasteiger partial charge on any atom is -0.444 e. The molecule has 6 nitrogen and oxygen atoms in total. The molecule has 2 heterocycles. The number of aromatic nitrogens is 1. The first-order valence-corrected chi connectivity index (χ1v) is 10.2. The van der Waals surface area contributed by atoms with E-state index in [1.165, 1.54) is 11.1 Å².